The molecule has 1 aliphatic rings. The summed E-state index contributed by atoms with van der Waals surface area (Å²) in [5.74, 6) is 0.499. The van der Waals surface area contributed by atoms with Crippen LogP contribution < -0.4 is 0 Å². The molecule has 2 atom stereocenters. The van der Waals surface area contributed by atoms with E-state index in [1.54, 1.807) is 0 Å². The van der Waals surface area contributed by atoms with Crippen LogP contribution in [0.3, 0.4) is 0 Å². The first-order chi connectivity index (χ1) is 10.3. The summed E-state index contributed by atoms with van der Waals surface area (Å²) in [4.78, 5) is 12.3. The summed E-state index contributed by atoms with van der Waals surface area (Å²) in [7, 11) is 0. The van der Waals surface area contributed by atoms with Crippen LogP contribution in [0.25, 0.3) is 5.76 Å². The molecule has 2 aromatic carbocycles. The molecule has 3 rings (SSSR count). The Morgan fingerprint density at radius 1 is 0.952 bits per heavy atom. The van der Waals surface area contributed by atoms with Crippen molar-refractivity contribution >= 4 is 11.7 Å². The maximum absolute atomic E-state index is 12.3. The van der Waals surface area contributed by atoms with Gasteiger partial charge in [-0.05, 0) is 18.1 Å². The van der Waals surface area contributed by atoms with Crippen LogP contribution in [-0.2, 0) is 9.53 Å². The lowest BCUT2D eigenvalue weighted by Gasteiger charge is -2.28. The van der Waals surface area contributed by atoms with Crippen LogP contribution in [0, 0.1) is 5.92 Å². The third kappa shape index (κ3) is 2.75. The molecule has 0 saturated heterocycles. The van der Waals surface area contributed by atoms with Crippen LogP contribution in [0.5, 0.6) is 0 Å². The number of benzene rings is 2. The number of hydrogen-bond donors (Lipinski definition) is 0. The molecule has 1 heterocycles. The molecule has 0 spiro atoms. The number of rotatable bonds is 3. The molecule has 1 aliphatic heterocycles. The van der Waals surface area contributed by atoms with E-state index in [0.717, 1.165) is 17.5 Å². The topological polar surface area (TPSA) is 26.3 Å². The summed E-state index contributed by atoms with van der Waals surface area (Å²) >= 11 is 0. The van der Waals surface area contributed by atoms with Gasteiger partial charge in [0.25, 0.3) is 0 Å². The van der Waals surface area contributed by atoms with Gasteiger partial charge >= 0.3 is 5.97 Å². The van der Waals surface area contributed by atoms with E-state index in [1.807, 2.05) is 55.5 Å². The van der Waals surface area contributed by atoms with E-state index in [0.29, 0.717) is 5.76 Å². The SMILES string of the molecule is CCC1C(=O)OC(c2ccccc2)=CC1c1ccccc1. The van der Waals surface area contributed by atoms with Crippen LogP contribution >= 0.6 is 0 Å². The summed E-state index contributed by atoms with van der Waals surface area (Å²) in [6.45, 7) is 2.03. The quantitative estimate of drug-likeness (QED) is 0.778. The predicted octanol–water partition coefficient (Wildman–Crippen LogP) is 4.39. The normalized spacial score (nSPS) is 21.6. The molecule has 0 fully saturated rings. The Morgan fingerprint density at radius 2 is 1.57 bits per heavy atom. The number of hydrogen-bond acceptors (Lipinski definition) is 2. The van der Waals surface area contributed by atoms with Crippen LogP contribution in [0.2, 0.25) is 0 Å². The fraction of sp³-hybridized carbons (Fsp3) is 0.211. The maximum Gasteiger partial charge on any atom is 0.315 e. The summed E-state index contributed by atoms with van der Waals surface area (Å²) in [5.41, 5.74) is 2.11. The number of esters is 1. The molecular formula is C19H18O2. The van der Waals surface area contributed by atoms with Crippen molar-refractivity contribution in [3.63, 3.8) is 0 Å². The highest BCUT2D eigenvalue weighted by atomic mass is 16.5. The predicted molar refractivity (Wildman–Crippen MR) is 83.5 cm³/mol. The van der Waals surface area contributed by atoms with Crippen molar-refractivity contribution in [2.75, 3.05) is 0 Å². The molecule has 0 N–H and O–H groups in total. The van der Waals surface area contributed by atoms with E-state index in [1.165, 1.54) is 0 Å². The van der Waals surface area contributed by atoms with Crippen LogP contribution in [0.4, 0.5) is 0 Å². The summed E-state index contributed by atoms with van der Waals surface area (Å²) in [5, 5.41) is 0. The molecule has 0 aromatic heterocycles. The fourth-order valence-corrected chi connectivity index (χ4v) is 2.83. The minimum Gasteiger partial charge on any atom is -0.426 e. The van der Waals surface area contributed by atoms with E-state index in [2.05, 4.69) is 18.2 Å². The number of ether oxygens (including phenoxy) is 1. The van der Waals surface area contributed by atoms with Crippen molar-refractivity contribution in [2.24, 2.45) is 5.92 Å². The molecule has 2 nitrogen and oxygen atoms in total. The Balaban J connectivity index is 2.03. The number of allylic oxidation sites excluding steroid dienone is 1. The van der Waals surface area contributed by atoms with Gasteiger partial charge in [-0.1, -0.05) is 67.6 Å². The third-order valence-corrected chi connectivity index (χ3v) is 3.96. The van der Waals surface area contributed by atoms with Gasteiger partial charge in [0.1, 0.15) is 5.76 Å². The Morgan fingerprint density at radius 3 is 2.19 bits per heavy atom. The van der Waals surface area contributed by atoms with Gasteiger partial charge in [0, 0.05) is 11.5 Å². The molecule has 21 heavy (non-hydrogen) atoms. The van der Waals surface area contributed by atoms with Crippen molar-refractivity contribution < 1.29 is 9.53 Å². The first kappa shape index (κ1) is 13.6. The summed E-state index contributed by atoms with van der Waals surface area (Å²) in [6.07, 6.45) is 2.86. The molecule has 0 amide bonds. The van der Waals surface area contributed by atoms with E-state index < -0.39 is 0 Å². The Kier molecular flexibility index (Phi) is 3.87. The Labute approximate surface area is 125 Å². The van der Waals surface area contributed by atoms with Gasteiger partial charge in [-0.2, -0.15) is 0 Å². The molecular weight excluding hydrogens is 260 g/mol. The third-order valence-electron chi connectivity index (χ3n) is 3.96. The average molecular weight is 278 g/mol. The minimum atomic E-state index is -0.132. The molecule has 0 saturated carbocycles. The standard InChI is InChI=1S/C19H18O2/c1-2-16-17(14-9-5-3-6-10-14)13-18(21-19(16)20)15-11-7-4-8-12-15/h3-13,16-17H,2H2,1H3. The number of cyclic esters (lactones) is 1. The van der Waals surface area contributed by atoms with E-state index in [9.17, 15) is 4.79 Å². The largest absolute Gasteiger partial charge is 0.426 e. The first-order valence-electron chi connectivity index (χ1n) is 7.33. The molecule has 0 radical (unpaired) electrons. The van der Waals surface area contributed by atoms with Gasteiger partial charge in [-0.15, -0.1) is 0 Å². The Bertz CT molecular complexity index is 644. The lowest BCUT2D eigenvalue weighted by atomic mass is 9.82. The fourth-order valence-electron chi connectivity index (χ4n) is 2.83. The zero-order chi connectivity index (χ0) is 14.7. The molecule has 0 aliphatic carbocycles. The van der Waals surface area contributed by atoms with Crippen molar-refractivity contribution in [3.05, 3.63) is 77.9 Å². The molecule has 106 valence electrons. The summed E-state index contributed by atoms with van der Waals surface area (Å²) < 4.78 is 5.55. The molecule has 2 heteroatoms. The molecule has 0 bridgehead atoms. The molecule has 2 unspecified atom stereocenters. The number of carbonyl (C=O) groups excluding carboxylic acids is 1. The first-order valence-corrected chi connectivity index (χ1v) is 7.33. The zero-order valence-corrected chi connectivity index (χ0v) is 12.0. The number of carbonyl (C=O) groups is 1. The van der Waals surface area contributed by atoms with Gasteiger partial charge in [0.2, 0.25) is 0 Å². The second kappa shape index (κ2) is 5.96. The maximum atomic E-state index is 12.3. The second-order valence-electron chi connectivity index (χ2n) is 5.27. The molecule has 2 aromatic rings. The van der Waals surface area contributed by atoms with E-state index in [-0.39, 0.29) is 17.8 Å². The lowest BCUT2D eigenvalue weighted by molar-refractivity contribution is -0.142. The van der Waals surface area contributed by atoms with Gasteiger partial charge in [0.05, 0.1) is 5.92 Å². The highest BCUT2D eigenvalue weighted by Crippen LogP contribution is 2.37. The van der Waals surface area contributed by atoms with Crippen LogP contribution in [-0.4, -0.2) is 5.97 Å². The lowest BCUT2D eigenvalue weighted by Crippen LogP contribution is -2.27. The monoisotopic (exact) mass is 278 g/mol. The van der Waals surface area contributed by atoms with Gasteiger partial charge < -0.3 is 4.74 Å². The highest BCUT2D eigenvalue weighted by Gasteiger charge is 2.33. The average Bonchev–Trinajstić information content (AvgIpc) is 2.55. The second-order valence-corrected chi connectivity index (χ2v) is 5.27. The summed E-state index contributed by atoms with van der Waals surface area (Å²) in [6, 6.07) is 20.0. The zero-order valence-electron chi connectivity index (χ0n) is 12.0. The van der Waals surface area contributed by atoms with Crippen LogP contribution in [0.1, 0.15) is 30.4 Å². The van der Waals surface area contributed by atoms with Crippen LogP contribution in [0.15, 0.2) is 66.7 Å². The smallest absolute Gasteiger partial charge is 0.315 e. The highest BCUT2D eigenvalue weighted by molar-refractivity contribution is 5.84. The van der Waals surface area contributed by atoms with E-state index >= 15 is 0 Å². The Hall–Kier alpha value is -2.35. The van der Waals surface area contributed by atoms with Gasteiger partial charge in [-0.3, -0.25) is 4.79 Å². The van der Waals surface area contributed by atoms with Crippen molar-refractivity contribution in [1.82, 2.24) is 0 Å². The van der Waals surface area contributed by atoms with Crippen molar-refractivity contribution in [1.29, 1.82) is 0 Å². The van der Waals surface area contributed by atoms with Gasteiger partial charge in [-0.25, -0.2) is 0 Å². The van der Waals surface area contributed by atoms with E-state index in [4.69, 9.17) is 4.74 Å². The van der Waals surface area contributed by atoms with Gasteiger partial charge in [0.15, 0.2) is 0 Å². The minimum absolute atomic E-state index is 0.0765. The van der Waals surface area contributed by atoms with Crippen molar-refractivity contribution in [3.8, 4) is 0 Å². The van der Waals surface area contributed by atoms with Crippen molar-refractivity contribution in [2.45, 2.75) is 19.3 Å².